The Morgan fingerprint density at radius 2 is 0.556 bits per heavy atom. The summed E-state index contributed by atoms with van der Waals surface area (Å²) in [5, 5.41) is -2.62. The van der Waals surface area contributed by atoms with Crippen LogP contribution in [-0.4, -0.2) is 32.3 Å². The molecule has 4 nitrogen and oxygen atoms in total. The molecule has 1 rings (SSSR count). The van der Waals surface area contributed by atoms with E-state index >= 15 is 0 Å². The molecule has 0 aliphatic heterocycles. The van der Waals surface area contributed by atoms with Crippen molar-refractivity contribution in [3.05, 3.63) is 11.6 Å². The summed E-state index contributed by atoms with van der Waals surface area (Å²) >= 11 is 35.3. The average Bonchev–Trinajstić information content (AvgIpc) is 2.32. The fourth-order valence-electron chi connectivity index (χ4n) is 1.05. The van der Waals surface area contributed by atoms with Gasteiger partial charge in [0.25, 0.3) is 0 Å². The first kappa shape index (κ1) is 18.7. The van der Waals surface area contributed by atoms with E-state index in [0.29, 0.717) is 0 Å². The smallest absolute Gasteiger partial charge is 0.134 e. The van der Waals surface area contributed by atoms with Crippen molar-refractivity contribution in [1.29, 1.82) is 0 Å². The summed E-state index contributed by atoms with van der Waals surface area (Å²) in [7, 11) is 0. The van der Waals surface area contributed by atoms with Gasteiger partial charge in [-0.2, -0.15) is 0 Å². The molecule has 108 valence electrons. The van der Waals surface area contributed by atoms with Crippen LogP contribution in [-0.2, 0) is 0 Å². The highest BCUT2D eigenvalue weighted by atomic mass is 35.5. The fourth-order valence-corrected chi connectivity index (χ4v) is 3.38. The van der Waals surface area contributed by atoms with Crippen molar-refractivity contribution in [3.8, 4) is 0 Å². The SMILES string of the molecule is ClC1C(Cl)C(Cl)C(Cl)C(Cl)C1Cl.NC(N)=C(N)N. The van der Waals surface area contributed by atoms with Crippen molar-refractivity contribution in [3.63, 3.8) is 0 Å². The number of halogens is 6. The summed E-state index contributed by atoms with van der Waals surface area (Å²) in [6, 6.07) is 0. The van der Waals surface area contributed by atoms with Crippen LogP contribution in [0, 0.1) is 0 Å². The molecule has 18 heavy (non-hydrogen) atoms. The maximum Gasteiger partial charge on any atom is 0.134 e. The van der Waals surface area contributed by atoms with Crippen LogP contribution in [0.25, 0.3) is 0 Å². The van der Waals surface area contributed by atoms with Gasteiger partial charge in [0.2, 0.25) is 0 Å². The van der Waals surface area contributed by atoms with E-state index in [1.54, 1.807) is 0 Å². The molecule has 0 radical (unpaired) electrons. The molecule has 10 heteroatoms. The fraction of sp³-hybridized carbons (Fsp3) is 0.750. The van der Waals surface area contributed by atoms with E-state index < -0.39 is 32.3 Å². The third-order valence-electron chi connectivity index (χ3n) is 2.16. The zero-order chi connectivity index (χ0) is 14.6. The number of rotatable bonds is 0. The lowest BCUT2D eigenvalue weighted by Gasteiger charge is -2.37. The summed E-state index contributed by atoms with van der Waals surface area (Å²) in [5.74, 6) is -0.0370. The van der Waals surface area contributed by atoms with E-state index in [-0.39, 0.29) is 11.6 Å². The van der Waals surface area contributed by atoms with Crippen LogP contribution in [0.1, 0.15) is 0 Å². The highest BCUT2D eigenvalue weighted by Gasteiger charge is 2.46. The number of hydrogen-bond donors (Lipinski definition) is 4. The summed E-state index contributed by atoms with van der Waals surface area (Å²) in [4.78, 5) is 0. The predicted molar refractivity (Wildman–Crippen MR) is 81.6 cm³/mol. The Bertz CT molecular complexity index is 225. The van der Waals surface area contributed by atoms with E-state index in [4.69, 9.17) is 92.5 Å². The van der Waals surface area contributed by atoms with Crippen LogP contribution in [0.5, 0.6) is 0 Å². The first-order chi connectivity index (χ1) is 8.11. The monoisotopic (exact) mass is 376 g/mol. The normalized spacial score (nSPS) is 39.4. The van der Waals surface area contributed by atoms with Gasteiger partial charge in [-0.3, -0.25) is 0 Å². The maximum atomic E-state index is 5.88. The van der Waals surface area contributed by atoms with Crippen LogP contribution in [0.3, 0.4) is 0 Å². The number of alkyl halides is 6. The standard InChI is InChI=1S/C6H6Cl6.C2H8N4/c7-1-2(8)4(10)6(12)5(11)3(1)9;3-1(4)2(5)6/h1-6H;3-6H2. The van der Waals surface area contributed by atoms with Crippen LogP contribution < -0.4 is 22.9 Å². The molecule has 1 aliphatic rings. The zero-order valence-electron chi connectivity index (χ0n) is 9.04. The van der Waals surface area contributed by atoms with E-state index in [9.17, 15) is 0 Å². The topological polar surface area (TPSA) is 104 Å². The summed E-state index contributed by atoms with van der Waals surface area (Å²) < 4.78 is 0. The van der Waals surface area contributed by atoms with Gasteiger partial charge in [0.15, 0.2) is 0 Å². The molecular weight excluding hydrogens is 365 g/mol. The van der Waals surface area contributed by atoms with E-state index in [1.807, 2.05) is 0 Å². The molecule has 0 atom stereocenters. The van der Waals surface area contributed by atoms with Gasteiger partial charge in [0, 0.05) is 0 Å². The first-order valence-electron chi connectivity index (χ1n) is 4.71. The lowest BCUT2D eigenvalue weighted by atomic mass is 9.97. The summed E-state index contributed by atoms with van der Waals surface area (Å²) in [5.41, 5.74) is 19.4. The molecule has 8 N–H and O–H groups in total. The van der Waals surface area contributed by atoms with Crippen LogP contribution in [0.15, 0.2) is 11.6 Å². The largest absolute Gasteiger partial charge is 0.383 e. The molecule has 0 bridgehead atoms. The molecule has 0 aromatic carbocycles. The van der Waals surface area contributed by atoms with Gasteiger partial charge in [-0.1, -0.05) is 0 Å². The van der Waals surface area contributed by atoms with Gasteiger partial charge in [0.05, 0.1) is 32.3 Å². The molecule has 0 amide bonds. The summed E-state index contributed by atoms with van der Waals surface area (Å²) in [6.07, 6.45) is 0. The zero-order valence-corrected chi connectivity index (χ0v) is 13.6. The van der Waals surface area contributed by atoms with Crippen molar-refractivity contribution >= 4 is 69.6 Å². The molecule has 0 saturated heterocycles. The van der Waals surface area contributed by atoms with E-state index in [1.165, 1.54) is 0 Å². The highest BCUT2D eigenvalue weighted by Crippen LogP contribution is 2.39. The Kier molecular flexibility index (Phi) is 8.38. The van der Waals surface area contributed by atoms with Gasteiger partial charge in [-0.15, -0.1) is 69.6 Å². The molecule has 1 fully saturated rings. The molecule has 0 spiro atoms. The molecule has 0 heterocycles. The number of hydrogen-bond acceptors (Lipinski definition) is 4. The van der Waals surface area contributed by atoms with Gasteiger partial charge < -0.3 is 22.9 Å². The second-order valence-corrected chi connectivity index (χ2v) is 6.60. The van der Waals surface area contributed by atoms with E-state index in [2.05, 4.69) is 0 Å². The molecule has 0 unspecified atom stereocenters. The van der Waals surface area contributed by atoms with Crippen molar-refractivity contribution in [2.24, 2.45) is 22.9 Å². The minimum Gasteiger partial charge on any atom is -0.383 e. The average molecular weight is 379 g/mol. The van der Waals surface area contributed by atoms with E-state index in [0.717, 1.165) is 0 Å². The van der Waals surface area contributed by atoms with Crippen LogP contribution >= 0.6 is 69.6 Å². The lowest BCUT2D eigenvalue weighted by Crippen LogP contribution is -2.52. The number of nitrogens with two attached hydrogens (primary N) is 4. The minimum absolute atomic E-state index is 0.0185. The Morgan fingerprint density at radius 3 is 0.611 bits per heavy atom. The quantitative estimate of drug-likeness (QED) is 0.480. The van der Waals surface area contributed by atoms with Crippen molar-refractivity contribution in [2.75, 3.05) is 0 Å². The molecule has 1 saturated carbocycles. The minimum atomic E-state index is -0.437. The third kappa shape index (κ3) is 4.99. The first-order valence-corrected chi connectivity index (χ1v) is 7.33. The highest BCUT2D eigenvalue weighted by molar-refractivity contribution is 6.45. The second-order valence-electron chi connectivity index (χ2n) is 3.58. The van der Waals surface area contributed by atoms with Gasteiger partial charge in [-0.25, -0.2) is 0 Å². The van der Waals surface area contributed by atoms with Crippen molar-refractivity contribution < 1.29 is 0 Å². The van der Waals surface area contributed by atoms with Crippen LogP contribution in [0.4, 0.5) is 0 Å². The molecule has 0 aromatic heterocycles. The van der Waals surface area contributed by atoms with Gasteiger partial charge in [0.1, 0.15) is 11.6 Å². The van der Waals surface area contributed by atoms with Gasteiger partial charge in [-0.05, 0) is 0 Å². The Labute approximate surface area is 136 Å². The Morgan fingerprint density at radius 1 is 0.444 bits per heavy atom. The lowest BCUT2D eigenvalue weighted by molar-refractivity contribution is 0.544. The van der Waals surface area contributed by atoms with Gasteiger partial charge >= 0.3 is 0 Å². The predicted octanol–water partition coefficient (Wildman–Crippen LogP) is 1.59. The molecule has 0 aromatic rings. The maximum absolute atomic E-state index is 5.88. The third-order valence-corrected chi connectivity index (χ3v) is 6.19. The Hall–Kier alpha value is 0.680. The van der Waals surface area contributed by atoms with Crippen molar-refractivity contribution in [1.82, 2.24) is 0 Å². The van der Waals surface area contributed by atoms with Crippen molar-refractivity contribution in [2.45, 2.75) is 32.3 Å². The molecular formula is C8H14Cl6N4. The van der Waals surface area contributed by atoms with Crippen LogP contribution in [0.2, 0.25) is 0 Å². The second kappa shape index (κ2) is 8.08. The summed E-state index contributed by atoms with van der Waals surface area (Å²) in [6.45, 7) is 0. The molecule has 1 aliphatic carbocycles. The Balaban J connectivity index is 0.000000411.